The molecule has 0 unspecified atom stereocenters. The number of nitrogen functional groups attached to an aromatic ring is 2. The lowest BCUT2D eigenvalue weighted by molar-refractivity contribution is 0.602. The quantitative estimate of drug-likeness (QED) is 0.616. The molecule has 4 N–H and O–H groups in total. The second kappa shape index (κ2) is 2.67. The standard InChI is InChI=1S/C7H10N2O2S/c1-12(10,11)7-3-2-5(8)4-6(7)9/h2-4H,8-9H2,1H3. The highest BCUT2D eigenvalue weighted by Gasteiger charge is 2.10. The molecule has 0 radical (unpaired) electrons. The van der Waals surface area contributed by atoms with Crippen LogP contribution in [-0.2, 0) is 9.84 Å². The van der Waals surface area contributed by atoms with Gasteiger partial charge in [-0.25, -0.2) is 8.42 Å². The van der Waals surface area contributed by atoms with Gasteiger partial charge in [-0.1, -0.05) is 0 Å². The maximum absolute atomic E-state index is 11.0. The number of benzene rings is 1. The summed E-state index contributed by atoms with van der Waals surface area (Å²) < 4.78 is 22.1. The molecule has 1 rings (SSSR count). The van der Waals surface area contributed by atoms with Crippen LogP contribution in [0.15, 0.2) is 23.1 Å². The predicted octanol–water partition coefficient (Wildman–Crippen LogP) is 0.255. The minimum atomic E-state index is -3.23. The monoisotopic (exact) mass is 186 g/mol. The molecule has 0 saturated heterocycles. The van der Waals surface area contributed by atoms with Crippen molar-refractivity contribution in [2.75, 3.05) is 17.7 Å². The molecule has 66 valence electrons. The van der Waals surface area contributed by atoms with E-state index in [9.17, 15) is 8.42 Å². The van der Waals surface area contributed by atoms with Crippen molar-refractivity contribution < 1.29 is 8.42 Å². The molecular formula is C7H10N2O2S. The maximum atomic E-state index is 11.0. The number of sulfone groups is 1. The molecule has 0 spiro atoms. The van der Waals surface area contributed by atoms with Gasteiger partial charge >= 0.3 is 0 Å². The van der Waals surface area contributed by atoms with E-state index in [0.717, 1.165) is 6.26 Å². The molecule has 12 heavy (non-hydrogen) atoms. The summed E-state index contributed by atoms with van der Waals surface area (Å²) in [5.41, 5.74) is 11.5. The first-order chi connectivity index (χ1) is 5.41. The lowest BCUT2D eigenvalue weighted by atomic mass is 10.3. The molecule has 0 aliphatic rings. The molecule has 0 fully saturated rings. The van der Waals surface area contributed by atoms with Crippen LogP contribution in [0.4, 0.5) is 11.4 Å². The highest BCUT2D eigenvalue weighted by molar-refractivity contribution is 7.90. The number of anilines is 2. The van der Waals surface area contributed by atoms with Crippen LogP contribution in [0.5, 0.6) is 0 Å². The summed E-state index contributed by atoms with van der Waals surface area (Å²) in [6.45, 7) is 0. The van der Waals surface area contributed by atoms with Gasteiger partial charge in [0.05, 0.1) is 10.6 Å². The van der Waals surface area contributed by atoms with Crippen LogP contribution in [-0.4, -0.2) is 14.7 Å². The SMILES string of the molecule is CS(=O)(=O)c1ccc(N)cc1N. The van der Waals surface area contributed by atoms with Gasteiger partial charge in [-0.05, 0) is 18.2 Å². The van der Waals surface area contributed by atoms with Gasteiger partial charge in [-0.15, -0.1) is 0 Å². The molecule has 0 aliphatic heterocycles. The molecule has 1 aromatic carbocycles. The smallest absolute Gasteiger partial charge is 0.177 e. The van der Waals surface area contributed by atoms with Crippen LogP contribution in [0.3, 0.4) is 0 Å². The Labute approximate surface area is 71.1 Å². The topological polar surface area (TPSA) is 86.2 Å². The third-order valence-corrected chi connectivity index (χ3v) is 2.60. The van der Waals surface area contributed by atoms with Crippen LogP contribution >= 0.6 is 0 Å². The molecule has 1 aromatic rings. The highest BCUT2D eigenvalue weighted by atomic mass is 32.2. The fourth-order valence-electron chi connectivity index (χ4n) is 0.905. The molecule has 5 heteroatoms. The molecule has 0 aromatic heterocycles. The van der Waals surface area contributed by atoms with Crippen molar-refractivity contribution in [2.24, 2.45) is 0 Å². The van der Waals surface area contributed by atoms with E-state index < -0.39 is 9.84 Å². The molecule has 0 bridgehead atoms. The fourth-order valence-corrected chi connectivity index (χ4v) is 1.71. The van der Waals surface area contributed by atoms with Crippen LogP contribution in [0.25, 0.3) is 0 Å². The second-order valence-electron chi connectivity index (χ2n) is 2.57. The van der Waals surface area contributed by atoms with Crippen molar-refractivity contribution in [2.45, 2.75) is 4.90 Å². The minimum absolute atomic E-state index is 0.122. The number of rotatable bonds is 1. The summed E-state index contributed by atoms with van der Waals surface area (Å²) in [5, 5.41) is 0. The molecular weight excluding hydrogens is 176 g/mol. The largest absolute Gasteiger partial charge is 0.399 e. The van der Waals surface area contributed by atoms with E-state index in [0.29, 0.717) is 5.69 Å². The first-order valence-corrected chi connectivity index (χ1v) is 5.15. The molecule has 4 nitrogen and oxygen atoms in total. The van der Waals surface area contributed by atoms with E-state index >= 15 is 0 Å². The Kier molecular flexibility index (Phi) is 1.97. The van der Waals surface area contributed by atoms with Crippen molar-refractivity contribution >= 4 is 21.2 Å². The molecule has 0 saturated carbocycles. The molecule has 0 atom stereocenters. The lowest BCUT2D eigenvalue weighted by Crippen LogP contribution is -2.02. The summed E-state index contributed by atoms with van der Waals surface area (Å²) in [4.78, 5) is 0.122. The summed E-state index contributed by atoms with van der Waals surface area (Å²) >= 11 is 0. The number of hydrogen-bond donors (Lipinski definition) is 2. The van der Waals surface area contributed by atoms with E-state index in [1.54, 1.807) is 0 Å². The third-order valence-electron chi connectivity index (χ3n) is 1.43. The van der Waals surface area contributed by atoms with Gasteiger partial charge in [0.1, 0.15) is 0 Å². The van der Waals surface area contributed by atoms with Crippen molar-refractivity contribution in [3.63, 3.8) is 0 Å². The van der Waals surface area contributed by atoms with Gasteiger partial charge in [0.2, 0.25) is 0 Å². The van der Waals surface area contributed by atoms with Gasteiger partial charge in [0.15, 0.2) is 9.84 Å². The van der Waals surface area contributed by atoms with E-state index in [2.05, 4.69) is 0 Å². The first-order valence-electron chi connectivity index (χ1n) is 3.26. The highest BCUT2D eigenvalue weighted by Crippen LogP contribution is 2.20. The summed E-state index contributed by atoms with van der Waals surface area (Å²) in [7, 11) is -3.23. The Balaban J connectivity index is 3.39. The predicted molar refractivity (Wildman–Crippen MR) is 48.4 cm³/mol. The van der Waals surface area contributed by atoms with Crippen molar-refractivity contribution in [3.8, 4) is 0 Å². The average Bonchev–Trinajstić information content (AvgIpc) is 1.83. The minimum Gasteiger partial charge on any atom is -0.399 e. The Morgan fingerprint density at radius 2 is 1.83 bits per heavy atom. The fraction of sp³-hybridized carbons (Fsp3) is 0.143. The normalized spacial score (nSPS) is 11.4. The Morgan fingerprint density at radius 1 is 1.25 bits per heavy atom. The summed E-state index contributed by atoms with van der Waals surface area (Å²) in [5.74, 6) is 0. The van der Waals surface area contributed by atoms with Gasteiger partial charge < -0.3 is 11.5 Å². The van der Waals surface area contributed by atoms with Crippen LogP contribution in [0.2, 0.25) is 0 Å². The van der Waals surface area contributed by atoms with E-state index in [4.69, 9.17) is 11.5 Å². The van der Waals surface area contributed by atoms with Crippen LogP contribution in [0.1, 0.15) is 0 Å². The lowest BCUT2D eigenvalue weighted by Gasteiger charge is -2.02. The van der Waals surface area contributed by atoms with Gasteiger partial charge in [0, 0.05) is 11.9 Å². The maximum Gasteiger partial charge on any atom is 0.177 e. The van der Waals surface area contributed by atoms with Crippen molar-refractivity contribution in [1.29, 1.82) is 0 Å². The zero-order valence-electron chi connectivity index (χ0n) is 6.61. The second-order valence-corrected chi connectivity index (χ2v) is 4.55. The summed E-state index contributed by atoms with van der Waals surface area (Å²) in [6.07, 6.45) is 1.11. The van der Waals surface area contributed by atoms with Crippen LogP contribution < -0.4 is 11.5 Å². The zero-order chi connectivity index (χ0) is 9.35. The number of hydrogen-bond acceptors (Lipinski definition) is 4. The van der Waals surface area contributed by atoms with Gasteiger partial charge in [0.25, 0.3) is 0 Å². The van der Waals surface area contributed by atoms with Crippen molar-refractivity contribution in [1.82, 2.24) is 0 Å². The third kappa shape index (κ3) is 1.68. The zero-order valence-corrected chi connectivity index (χ0v) is 7.43. The van der Waals surface area contributed by atoms with Gasteiger partial charge in [-0.2, -0.15) is 0 Å². The Morgan fingerprint density at radius 3 is 2.25 bits per heavy atom. The van der Waals surface area contributed by atoms with Crippen LogP contribution in [0, 0.1) is 0 Å². The van der Waals surface area contributed by atoms with Crippen molar-refractivity contribution in [3.05, 3.63) is 18.2 Å². The number of nitrogens with two attached hydrogens (primary N) is 2. The van der Waals surface area contributed by atoms with E-state index in [1.165, 1.54) is 18.2 Å². The molecule has 0 heterocycles. The van der Waals surface area contributed by atoms with E-state index in [-0.39, 0.29) is 10.6 Å². The van der Waals surface area contributed by atoms with E-state index in [1.807, 2.05) is 0 Å². The molecule has 0 amide bonds. The Hall–Kier alpha value is -1.23. The summed E-state index contributed by atoms with van der Waals surface area (Å²) in [6, 6.07) is 4.34. The molecule has 0 aliphatic carbocycles. The first kappa shape index (κ1) is 8.86. The average molecular weight is 186 g/mol. The Bertz CT molecular complexity index is 398. The van der Waals surface area contributed by atoms with Gasteiger partial charge in [-0.3, -0.25) is 0 Å².